The fraction of sp³-hybridized carbons (Fsp3) is 0.174. The Morgan fingerprint density at radius 1 is 1.00 bits per heavy atom. The number of carbonyl (C=O) groups is 3. The highest BCUT2D eigenvalue weighted by Crippen LogP contribution is 2.31. The van der Waals surface area contributed by atoms with Gasteiger partial charge in [-0.1, -0.05) is 36.4 Å². The van der Waals surface area contributed by atoms with Crippen molar-refractivity contribution in [3.05, 3.63) is 89.2 Å². The molecule has 0 aliphatic heterocycles. The van der Waals surface area contributed by atoms with E-state index in [1.165, 1.54) is 29.8 Å². The van der Waals surface area contributed by atoms with Crippen LogP contribution >= 0.6 is 0 Å². The Balaban J connectivity index is 1.88. The number of amides is 1. The Hall–Kier alpha value is -3.88. The number of ether oxygens (including phenoxy) is 1. The van der Waals surface area contributed by atoms with Crippen molar-refractivity contribution in [3.63, 3.8) is 0 Å². The minimum Gasteiger partial charge on any atom is -0.443 e. The van der Waals surface area contributed by atoms with Crippen molar-refractivity contribution in [2.24, 2.45) is 7.05 Å². The molecule has 1 atom stereocenters. The quantitative estimate of drug-likeness (QED) is 0.438. The highest BCUT2D eigenvalue weighted by atomic mass is 19.4. The number of carbonyl (C=O) groups excluding carboxylic acids is 3. The average Bonchev–Trinajstić information content (AvgIpc) is 3.14. The molecule has 9 heteroatoms. The normalized spacial score (nSPS) is 12.2. The number of hydrogen-bond acceptors (Lipinski definition) is 4. The SMILES string of the molecule is CC(=O)c1cc(C(=O)O[C@H](C(=O)Nc2cccc(C(F)(F)F)c2)c2ccccc2)n(C)c1. The number of esters is 1. The van der Waals surface area contributed by atoms with Crippen LogP contribution in [-0.4, -0.2) is 22.2 Å². The molecule has 32 heavy (non-hydrogen) atoms. The van der Waals surface area contributed by atoms with Crippen molar-refractivity contribution in [1.82, 2.24) is 4.57 Å². The summed E-state index contributed by atoms with van der Waals surface area (Å²) in [6.07, 6.45) is -4.56. The van der Waals surface area contributed by atoms with Crippen LogP contribution in [-0.2, 0) is 22.8 Å². The van der Waals surface area contributed by atoms with E-state index in [-0.39, 0.29) is 17.2 Å². The summed E-state index contributed by atoms with van der Waals surface area (Å²) in [4.78, 5) is 37.2. The molecule has 0 aliphatic carbocycles. The molecule has 3 aromatic rings. The lowest BCUT2D eigenvalue weighted by molar-refractivity contribution is -0.137. The van der Waals surface area contributed by atoms with Crippen LogP contribution in [0.4, 0.5) is 18.9 Å². The van der Waals surface area contributed by atoms with E-state index in [2.05, 4.69) is 5.32 Å². The topological polar surface area (TPSA) is 77.4 Å². The van der Waals surface area contributed by atoms with Crippen molar-refractivity contribution in [2.45, 2.75) is 19.2 Å². The second-order valence-electron chi connectivity index (χ2n) is 7.04. The van der Waals surface area contributed by atoms with Crippen LogP contribution in [0.2, 0.25) is 0 Å². The van der Waals surface area contributed by atoms with Gasteiger partial charge in [-0.3, -0.25) is 9.59 Å². The van der Waals surface area contributed by atoms with Crippen molar-refractivity contribution in [2.75, 3.05) is 5.32 Å². The minimum atomic E-state index is -4.58. The van der Waals surface area contributed by atoms with Gasteiger partial charge in [-0.25, -0.2) is 4.79 Å². The zero-order chi connectivity index (χ0) is 23.5. The van der Waals surface area contributed by atoms with Gasteiger partial charge in [0.2, 0.25) is 6.10 Å². The predicted molar refractivity (Wildman–Crippen MR) is 110 cm³/mol. The number of nitrogens with one attached hydrogen (secondary N) is 1. The molecule has 0 aliphatic rings. The summed E-state index contributed by atoms with van der Waals surface area (Å²) in [5.41, 5.74) is -0.359. The number of aromatic nitrogens is 1. The number of hydrogen-bond donors (Lipinski definition) is 1. The lowest BCUT2D eigenvalue weighted by Gasteiger charge is -2.19. The summed E-state index contributed by atoms with van der Waals surface area (Å²) >= 11 is 0. The first-order chi connectivity index (χ1) is 15.1. The average molecular weight is 444 g/mol. The third kappa shape index (κ3) is 5.23. The minimum absolute atomic E-state index is 0.0444. The second-order valence-corrected chi connectivity index (χ2v) is 7.04. The van der Waals surface area contributed by atoms with Gasteiger partial charge < -0.3 is 14.6 Å². The first-order valence-corrected chi connectivity index (χ1v) is 9.47. The Morgan fingerprint density at radius 3 is 2.28 bits per heavy atom. The van der Waals surface area contributed by atoms with Gasteiger partial charge in [-0.15, -0.1) is 0 Å². The van der Waals surface area contributed by atoms with Gasteiger partial charge in [0.15, 0.2) is 5.78 Å². The molecular formula is C23H19F3N2O4. The van der Waals surface area contributed by atoms with Gasteiger partial charge >= 0.3 is 12.1 Å². The first-order valence-electron chi connectivity index (χ1n) is 9.47. The summed E-state index contributed by atoms with van der Waals surface area (Å²) in [7, 11) is 1.54. The van der Waals surface area contributed by atoms with E-state index in [0.29, 0.717) is 11.1 Å². The Bertz CT molecular complexity index is 1150. The van der Waals surface area contributed by atoms with Crippen LogP contribution in [0.5, 0.6) is 0 Å². The van der Waals surface area contributed by atoms with Crippen LogP contribution in [0.3, 0.4) is 0 Å². The first kappa shape index (κ1) is 22.8. The van der Waals surface area contributed by atoms with E-state index in [1.807, 2.05) is 0 Å². The van der Waals surface area contributed by atoms with E-state index in [1.54, 1.807) is 37.4 Å². The number of alkyl halides is 3. The molecule has 0 unspecified atom stereocenters. The van der Waals surface area contributed by atoms with E-state index in [9.17, 15) is 27.6 Å². The fourth-order valence-electron chi connectivity index (χ4n) is 3.01. The Kier molecular flexibility index (Phi) is 6.47. The van der Waals surface area contributed by atoms with Crippen molar-refractivity contribution >= 4 is 23.3 Å². The molecule has 0 fully saturated rings. The standard InChI is InChI=1S/C23H19F3N2O4/c1-14(29)16-11-19(28(2)13-16)22(31)32-20(15-7-4-3-5-8-15)21(30)27-18-10-6-9-17(12-18)23(24,25)26/h3-13,20H,1-2H3,(H,27,30)/t20-/m0/s1. The lowest BCUT2D eigenvalue weighted by Crippen LogP contribution is -2.26. The third-order valence-corrected chi connectivity index (χ3v) is 4.64. The molecule has 0 bridgehead atoms. The molecule has 2 aromatic carbocycles. The number of halogens is 3. The number of anilines is 1. The van der Waals surface area contributed by atoms with Crippen LogP contribution in [0.25, 0.3) is 0 Å². The lowest BCUT2D eigenvalue weighted by atomic mass is 10.1. The number of rotatable bonds is 6. The molecule has 166 valence electrons. The van der Waals surface area contributed by atoms with E-state index in [4.69, 9.17) is 4.74 Å². The number of Topliss-reactive ketones (excluding diaryl/α,β-unsaturated/α-hetero) is 1. The van der Waals surface area contributed by atoms with Gasteiger partial charge in [0, 0.05) is 30.1 Å². The third-order valence-electron chi connectivity index (χ3n) is 4.64. The van der Waals surface area contributed by atoms with Gasteiger partial charge in [0.1, 0.15) is 5.69 Å². The van der Waals surface area contributed by atoms with Crippen LogP contribution in [0.1, 0.15) is 45.0 Å². The molecule has 1 amide bonds. The van der Waals surface area contributed by atoms with Gasteiger partial charge in [-0.2, -0.15) is 13.2 Å². The molecule has 3 rings (SSSR count). The van der Waals surface area contributed by atoms with E-state index < -0.39 is 29.7 Å². The van der Waals surface area contributed by atoms with Crippen LogP contribution in [0, 0.1) is 0 Å². The summed E-state index contributed by atoms with van der Waals surface area (Å²) < 4.78 is 45.7. The summed E-state index contributed by atoms with van der Waals surface area (Å²) in [5, 5.41) is 2.37. The molecule has 6 nitrogen and oxygen atoms in total. The summed E-state index contributed by atoms with van der Waals surface area (Å²) in [6, 6.07) is 13.5. The van der Waals surface area contributed by atoms with E-state index in [0.717, 1.165) is 18.2 Å². The van der Waals surface area contributed by atoms with Crippen molar-refractivity contribution in [3.8, 4) is 0 Å². The van der Waals surface area contributed by atoms with E-state index >= 15 is 0 Å². The zero-order valence-electron chi connectivity index (χ0n) is 17.1. The Labute approximate surface area is 181 Å². The smallest absolute Gasteiger partial charge is 0.416 e. The molecule has 1 aromatic heterocycles. The summed E-state index contributed by atoms with van der Waals surface area (Å²) in [6.45, 7) is 1.35. The molecule has 0 saturated heterocycles. The number of ketones is 1. The number of aryl methyl sites for hydroxylation is 1. The van der Waals surface area contributed by atoms with Gasteiger partial charge in [-0.05, 0) is 31.2 Å². The molecule has 0 spiro atoms. The van der Waals surface area contributed by atoms with Gasteiger partial charge in [0.25, 0.3) is 5.91 Å². The maximum absolute atomic E-state index is 13.0. The maximum atomic E-state index is 13.0. The fourth-order valence-corrected chi connectivity index (χ4v) is 3.01. The second kappa shape index (κ2) is 9.09. The van der Waals surface area contributed by atoms with Crippen molar-refractivity contribution < 1.29 is 32.3 Å². The molecule has 0 radical (unpaired) electrons. The maximum Gasteiger partial charge on any atom is 0.416 e. The number of nitrogens with zero attached hydrogens (tertiary/aromatic N) is 1. The molecular weight excluding hydrogens is 425 g/mol. The highest BCUT2D eigenvalue weighted by molar-refractivity contribution is 6.00. The molecule has 1 heterocycles. The largest absolute Gasteiger partial charge is 0.443 e. The van der Waals surface area contributed by atoms with Crippen molar-refractivity contribution in [1.29, 1.82) is 0 Å². The highest BCUT2D eigenvalue weighted by Gasteiger charge is 2.31. The summed E-state index contributed by atoms with van der Waals surface area (Å²) in [5.74, 6) is -1.94. The monoisotopic (exact) mass is 444 g/mol. The zero-order valence-corrected chi connectivity index (χ0v) is 17.1. The molecule has 1 N–H and O–H groups in total. The predicted octanol–water partition coefficient (Wildman–Crippen LogP) is 4.78. The van der Waals surface area contributed by atoms with Gasteiger partial charge in [0.05, 0.1) is 5.56 Å². The Morgan fingerprint density at radius 2 is 1.69 bits per heavy atom. The molecule has 0 saturated carbocycles. The number of benzene rings is 2. The van der Waals surface area contributed by atoms with Crippen LogP contribution < -0.4 is 5.32 Å². The van der Waals surface area contributed by atoms with Crippen LogP contribution in [0.15, 0.2) is 66.9 Å².